The zero-order valence-corrected chi connectivity index (χ0v) is 12.1. The number of aliphatic hydroxyl groups excluding tert-OH is 1. The fraction of sp³-hybridized carbons (Fsp3) is 0.111. The highest BCUT2D eigenvalue weighted by Gasteiger charge is 2.16. The number of fused-ring (bicyclic) bond motifs is 2. The predicted octanol–water partition coefficient (Wildman–Crippen LogP) is 4.92. The summed E-state index contributed by atoms with van der Waals surface area (Å²) in [5.74, 6) is 0. The Kier molecular flexibility index (Phi) is 3.02. The summed E-state index contributed by atoms with van der Waals surface area (Å²) in [7, 11) is 0. The van der Waals surface area contributed by atoms with Gasteiger partial charge in [-0.2, -0.15) is 0 Å². The summed E-state index contributed by atoms with van der Waals surface area (Å²) < 4.78 is 6.78. The molecule has 1 atom stereocenters. The molecule has 104 valence electrons. The maximum absolute atomic E-state index is 10.6. The third-order valence-corrected chi connectivity index (χ3v) is 4.86. The molecule has 1 unspecified atom stereocenters. The summed E-state index contributed by atoms with van der Waals surface area (Å²) in [5.41, 5.74) is 2.87. The van der Waals surface area contributed by atoms with Gasteiger partial charge in [-0.3, -0.25) is 0 Å². The smallest absolute Gasteiger partial charge is 0.134 e. The van der Waals surface area contributed by atoms with Crippen molar-refractivity contribution in [3.8, 4) is 0 Å². The van der Waals surface area contributed by atoms with E-state index >= 15 is 0 Å². The zero-order chi connectivity index (χ0) is 14.2. The van der Waals surface area contributed by atoms with Gasteiger partial charge in [-0.15, -0.1) is 11.3 Å². The third-order valence-electron chi connectivity index (χ3n) is 3.84. The highest BCUT2D eigenvalue weighted by atomic mass is 32.1. The molecule has 0 aliphatic rings. The second-order valence-electron chi connectivity index (χ2n) is 5.16. The van der Waals surface area contributed by atoms with Crippen LogP contribution in [0.5, 0.6) is 0 Å². The number of rotatable bonds is 3. The van der Waals surface area contributed by atoms with Gasteiger partial charge >= 0.3 is 0 Å². The minimum atomic E-state index is -0.549. The Morgan fingerprint density at radius 2 is 1.76 bits per heavy atom. The quantitative estimate of drug-likeness (QED) is 0.581. The second-order valence-corrected chi connectivity index (χ2v) is 6.08. The molecular formula is C18H14O2S. The molecule has 0 saturated heterocycles. The molecule has 1 N–H and O–H groups in total. The van der Waals surface area contributed by atoms with Crippen LogP contribution in [0.1, 0.15) is 17.2 Å². The number of aliphatic hydroxyl groups is 1. The van der Waals surface area contributed by atoms with Gasteiger partial charge in [0.1, 0.15) is 5.58 Å². The Morgan fingerprint density at radius 1 is 1.00 bits per heavy atom. The number of hydrogen-bond donors (Lipinski definition) is 1. The lowest BCUT2D eigenvalue weighted by molar-refractivity contribution is 0.179. The minimum Gasteiger partial charge on any atom is -0.464 e. The Labute approximate surface area is 126 Å². The third kappa shape index (κ3) is 2.15. The van der Waals surface area contributed by atoms with E-state index in [-0.39, 0.29) is 0 Å². The van der Waals surface area contributed by atoms with Crippen LogP contribution < -0.4 is 0 Å². The van der Waals surface area contributed by atoms with E-state index in [0.717, 1.165) is 16.5 Å². The van der Waals surface area contributed by atoms with Crippen LogP contribution in [-0.2, 0) is 6.42 Å². The van der Waals surface area contributed by atoms with Crippen molar-refractivity contribution >= 4 is 32.4 Å². The van der Waals surface area contributed by atoms with E-state index in [1.54, 1.807) is 17.6 Å². The SMILES string of the molecule is OC(Cc1csc2ccccc12)c1coc2ccccc12. The van der Waals surface area contributed by atoms with E-state index in [4.69, 9.17) is 4.42 Å². The second kappa shape index (κ2) is 5.02. The first-order valence-electron chi connectivity index (χ1n) is 6.92. The topological polar surface area (TPSA) is 33.4 Å². The average Bonchev–Trinajstić information content (AvgIpc) is 3.12. The molecule has 0 saturated carbocycles. The van der Waals surface area contributed by atoms with Gasteiger partial charge in [0, 0.05) is 22.1 Å². The standard InChI is InChI=1S/C18H14O2S/c19-16(15-10-20-17-7-3-1-6-14(15)17)9-12-11-21-18-8-4-2-5-13(12)18/h1-8,10-11,16,19H,9H2. The van der Waals surface area contributed by atoms with Gasteiger partial charge in [0.15, 0.2) is 0 Å². The lowest BCUT2D eigenvalue weighted by Gasteiger charge is -2.08. The summed E-state index contributed by atoms with van der Waals surface area (Å²) >= 11 is 1.72. The largest absolute Gasteiger partial charge is 0.464 e. The lowest BCUT2D eigenvalue weighted by Crippen LogP contribution is -2.00. The van der Waals surface area contributed by atoms with Crippen molar-refractivity contribution < 1.29 is 9.52 Å². The normalized spacial score (nSPS) is 13.0. The van der Waals surface area contributed by atoms with Crippen LogP contribution in [0.25, 0.3) is 21.1 Å². The van der Waals surface area contributed by atoms with Crippen molar-refractivity contribution in [1.82, 2.24) is 0 Å². The monoisotopic (exact) mass is 294 g/mol. The van der Waals surface area contributed by atoms with Crippen LogP contribution in [-0.4, -0.2) is 5.11 Å². The fourth-order valence-corrected chi connectivity index (χ4v) is 3.74. The molecule has 2 aromatic carbocycles. The van der Waals surface area contributed by atoms with Crippen molar-refractivity contribution in [2.45, 2.75) is 12.5 Å². The van der Waals surface area contributed by atoms with E-state index < -0.39 is 6.10 Å². The summed E-state index contributed by atoms with van der Waals surface area (Å²) in [4.78, 5) is 0. The van der Waals surface area contributed by atoms with Crippen LogP contribution in [0.2, 0.25) is 0 Å². The van der Waals surface area contributed by atoms with Gasteiger partial charge < -0.3 is 9.52 Å². The van der Waals surface area contributed by atoms with Gasteiger partial charge in [0.2, 0.25) is 0 Å². The number of furan rings is 1. The van der Waals surface area contributed by atoms with Crippen molar-refractivity contribution in [2.24, 2.45) is 0 Å². The molecule has 4 rings (SSSR count). The lowest BCUT2D eigenvalue weighted by atomic mass is 10.0. The van der Waals surface area contributed by atoms with Crippen LogP contribution in [0.3, 0.4) is 0 Å². The Hall–Kier alpha value is -2.10. The van der Waals surface area contributed by atoms with Crippen LogP contribution in [0, 0.1) is 0 Å². The van der Waals surface area contributed by atoms with Gasteiger partial charge in [-0.25, -0.2) is 0 Å². The molecule has 0 amide bonds. The van der Waals surface area contributed by atoms with Crippen LogP contribution in [0.4, 0.5) is 0 Å². The van der Waals surface area contributed by atoms with Gasteiger partial charge in [-0.05, 0) is 28.5 Å². The molecule has 2 heterocycles. The Balaban J connectivity index is 1.71. The van der Waals surface area contributed by atoms with Gasteiger partial charge in [0.25, 0.3) is 0 Å². The van der Waals surface area contributed by atoms with Gasteiger partial charge in [-0.1, -0.05) is 36.4 Å². The van der Waals surface area contributed by atoms with Crippen molar-refractivity contribution in [1.29, 1.82) is 0 Å². The first-order valence-corrected chi connectivity index (χ1v) is 7.80. The highest BCUT2D eigenvalue weighted by Crippen LogP contribution is 2.32. The first-order chi connectivity index (χ1) is 10.3. The Morgan fingerprint density at radius 3 is 2.67 bits per heavy atom. The molecule has 3 heteroatoms. The van der Waals surface area contributed by atoms with E-state index in [2.05, 4.69) is 17.5 Å². The van der Waals surface area contributed by atoms with Crippen molar-refractivity contribution in [2.75, 3.05) is 0 Å². The number of hydrogen-bond acceptors (Lipinski definition) is 3. The Bertz CT molecular complexity index is 904. The fourth-order valence-electron chi connectivity index (χ4n) is 2.77. The van der Waals surface area contributed by atoms with Crippen LogP contribution in [0.15, 0.2) is 64.6 Å². The number of para-hydroxylation sites is 1. The highest BCUT2D eigenvalue weighted by molar-refractivity contribution is 7.17. The summed E-state index contributed by atoms with van der Waals surface area (Å²) in [6, 6.07) is 16.1. The summed E-state index contributed by atoms with van der Waals surface area (Å²) in [6.07, 6.45) is 1.73. The van der Waals surface area contributed by atoms with Crippen molar-refractivity contribution in [3.05, 3.63) is 71.3 Å². The van der Waals surface area contributed by atoms with Crippen LogP contribution >= 0.6 is 11.3 Å². The zero-order valence-electron chi connectivity index (χ0n) is 11.3. The first kappa shape index (κ1) is 12.6. The molecular weight excluding hydrogens is 280 g/mol. The molecule has 0 aliphatic carbocycles. The molecule has 0 fully saturated rings. The van der Waals surface area contributed by atoms with Crippen molar-refractivity contribution in [3.63, 3.8) is 0 Å². The molecule has 2 aromatic heterocycles. The van der Waals surface area contributed by atoms with E-state index in [1.165, 1.54) is 15.6 Å². The average molecular weight is 294 g/mol. The van der Waals surface area contributed by atoms with Gasteiger partial charge in [0.05, 0.1) is 12.4 Å². The number of benzene rings is 2. The molecule has 0 spiro atoms. The summed E-state index contributed by atoms with van der Waals surface area (Å²) in [6.45, 7) is 0. The molecule has 2 nitrogen and oxygen atoms in total. The molecule has 0 radical (unpaired) electrons. The van der Waals surface area contributed by atoms with E-state index in [0.29, 0.717) is 6.42 Å². The predicted molar refractivity (Wildman–Crippen MR) is 86.7 cm³/mol. The maximum atomic E-state index is 10.6. The molecule has 0 aliphatic heterocycles. The molecule has 21 heavy (non-hydrogen) atoms. The molecule has 0 bridgehead atoms. The van der Waals surface area contributed by atoms with E-state index in [1.807, 2.05) is 36.4 Å². The maximum Gasteiger partial charge on any atom is 0.134 e. The number of thiophene rings is 1. The minimum absolute atomic E-state index is 0.549. The summed E-state index contributed by atoms with van der Waals surface area (Å²) in [5, 5.41) is 14.9. The molecule has 4 aromatic rings. The van der Waals surface area contributed by atoms with E-state index in [9.17, 15) is 5.11 Å².